The van der Waals surface area contributed by atoms with Crippen molar-refractivity contribution in [1.29, 1.82) is 0 Å². The van der Waals surface area contributed by atoms with Crippen molar-refractivity contribution in [2.45, 2.75) is 38.6 Å². The monoisotopic (exact) mass is 257 g/mol. The Labute approximate surface area is 113 Å². The lowest BCUT2D eigenvalue weighted by Gasteiger charge is -2.25. The average Bonchev–Trinajstić information content (AvgIpc) is 2.67. The van der Waals surface area contributed by atoms with Gasteiger partial charge in [-0.15, -0.1) is 0 Å². The first kappa shape index (κ1) is 12.3. The number of fused-ring (bicyclic) bond motifs is 1. The number of furan rings is 1. The molecule has 0 saturated heterocycles. The molecule has 3 nitrogen and oxygen atoms in total. The summed E-state index contributed by atoms with van der Waals surface area (Å²) in [7, 11) is 0. The van der Waals surface area contributed by atoms with Gasteiger partial charge in [0.25, 0.3) is 0 Å². The van der Waals surface area contributed by atoms with Crippen LogP contribution in [0.1, 0.15) is 31.9 Å². The maximum atomic E-state index is 11.9. The lowest BCUT2D eigenvalue weighted by Crippen LogP contribution is -2.40. The predicted octanol–water partition coefficient (Wildman–Crippen LogP) is 3.28. The molecule has 0 spiro atoms. The molecule has 2 aromatic rings. The smallest absolute Gasteiger partial charge is 0.223 e. The summed E-state index contributed by atoms with van der Waals surface area (Å²) in [5.41, 5.74) is 0.912. The molecule has 1 atom stereocenters. The van der Waals surface area contributed by atoms with Crippen LogP contribution < -0.4 is 5.32 Å². The fraction of sp³-hybridized carbons (Fsp3) is 0.438. The number of carbonyl (C=O) groups is 1. The third-order valence-electron chi connectivity index (χ3n) is 3.85. The number of amides is 1. The molecule has 0 bridgehead atoms. The summed E-state index contributed by atoms with van der Waals surface area (Å²) in [5, 5.41) is 4.20. The largest absolute Gasteiger partial charge is 0.461 e. The molecule has 1 aliphatic carbocycles. The maximum absolute atomic E-state index is 11.9. The van der Waals surface area contributed by atoms with E-state index >= 15 is 0 Å². The summed E-state index contributed by atoms with van der Waals surface area (Å²) in [5.74, 6) is 1.38. The summed E-state index contributed by atoms with van der Waals surface area (Å²) in [4.78, 5) is 11.9. The number of benzene rings is 1. The Bertz CT molecular complexity index is 550. The van der Waals surface area contributed by atoms with Crippen molar-refractivity contribution in [1.82, 2.24) is 5.32 Å². The van der Waals surface area contributed by atoms with Gasteiger partial charge in [0.05, 0.1) is 0 Å². The Morgan fingerprint density at radius 1 is 1.42 bits per heavy atom. The third-order valence-corrected chi connectivity index (χ3v) is 3.85. The Balaban J connectivity index is 1.61. The van der Waals surface area contributed by atoms with Crippen LogP contribution in [0, 0.1) is 5.92 Å². The molecule has 3 heteroatoms. The van der Waals surface area contributed by atoms with Crippen LogP contribution in [-0.4, -0.2) is 11.9 Å². The fourth-order valence-corrected chi connectivity index (χ4v) is 2.52. The van der Waals surface area contributed by atoms with Gasteiger partial charge in [-0.05, 0) is 31.9 Å². The first-order valence-electron chi connectivity index (χ1n) is 7.00. The van der Waals surface area contributed by atoms with Gasteiger partial charge >= 0.3 is 0 Å². The summed E-state index contributed by atoms with van der Waals surface area (Å²) in [6.45, 7) is 2.03. The number of rotatable bonds is 4. The van der Waals surface area contributed by atoms with E-state index in [0.29, 0.717) is 0 Å². The summed E-state index contributed by atoms with van der Waals surface area (Å²) < 4.78 is 5.77. The lowest BCUT2D eigenvalue weighted by atomic mass is 9.84. The van der Waals surface area contributed by atoms with Gasteiger partial charge in [0.2, 0.25) is 5.91 Å². The van der Waals surface area contributed by atoms with Crippen molar-refractivity contribution in [2.24, 2.45) is 5.92 Å². The van der Waals surface area contributed by atoms with Crippen LogP contribution in [0.15, 0.2) is 34.7 Å². The van der Waals surface area contributed by atoms with Crippen molar-refractivity contribution in [3.05, 3.63) is 36.1 Å². The normalized spacial score (nSPS) is 17.1. The second-order valence-corrected chi connectivity index (χ2v) is 5.49. The van der Waals surface area contributed by atoms with E-state index in [1.54, 1.807) is 0 Å². The van der Waals surface area contributed by atoms with Crippen LogP contribution in [0.5, 0.6) is 0 Å². The summed E-state index contributed by atoms with van der Waals surface area (Å²) in [6, 6.07) is 10.2. The van der Waals surface area contributed by atoms with Crippen LogP contribution >= 0.6 is 0 Å². The summed E-state index contributed by atoms with van der Waals surface area (Å²) in [6.07, 6.45) is 4.02. The van der Waals surface area contributed by atoms with Gasteiger partial charge in [0.1, 0.15) is 11.3 Å². The van der Waals surface area contributed by atoms with Gasteiger partial charge in [-0.3, -0.25) is 4.79 Å². The van der Waals surface area contributed by atoms with Crippen molar-refractivity contribution >= 4 is 16.9 Å². The number of nitrogens with one attached hydrogen (secondary N) is 1. The molecule has 1 aliphatic rings. The average molecular weight is 257 g/mol. The topological polar surface area (TPSA) is 42.2 Å². The van der Waals surface area contributed by atoms with Crippen LogP contribution in [-0.2, 0) is 11.2 Å². The molecule has 0 unspecified atom stereocenters. The molecule has 1 N–H and O–H groups in total. The molecule has 1 amide bonds. The van der Waals surface area contributed by atoms with E-state index in [4.69, 9.17) is 4.42 Å². The molecule has 1 saturated carbocycles. The van der Waals surface area contributed by atoms with Crippen LogP contribution in [0.3, 0.4) is 0 Å². The molecule has 19 heavy (non-hydrogen) atoms. The Hall–Kier alpha value is -1.77. The first-order valence-corrected chi connectivity index (χ1v) is 7.00. The lowest BCUT2D eigenvalue weighted by molar-refractivity contribution is -0.128. The summed E-state index contributed by atoms with van der Waals surface area (Å²) >= 11 is 0. The highest BCUT2D eigenvalue weighted by atomic mass is 16.3. The molecule has 1 heterocycles. The molecular weight excluding hydrogens is 238 g/mol. The number of hydrogen-bond acceptors (Lipinski definition) is 2. The molecule has 0 aliphatic heterocycles. The van der Waals surface area contributed by atoms with Crippen molar-refractivity contribution in [3.63, 3.8) is 0 Å². The quantitative estimate of drug-likeness (QED) is 0.913. The Kier molecular flexibility index (Phi) is 3.28. The zero-order chi connectivity index (χ0) is 13.2. The minimum atomic E-state index is 0.119. The maximum Gasteiger partial charge on any atom is 0.223 e. The highest BCUT2D eigenvalue weighted by Crippen LogP contribution is 2.26. The molecule has 1 aromatic carbocycles. The minimum absolute atomic E-state index is 0.119. The van der Waals surface area contributed by atoms with Gasteiger partial charge in [-0.25, -0.2) is 0 Å². The number of carbonyl (C=O) groups excluding carboxylic acids is 1. The third kappa shape index (κ3) is 2.65. The highest BCUT2D eigenvalue weighted by molar-refractivity contribution is 5.80. The van der Waals surface area contributed by atoms with E-state index in [-0.39, 0.29) is 17.9 Å². The number of hydrogen-bond donors (Lipinski definition) is 1. The predicted molar refractivity (Wildman–Crippen MR) is 74.9 cm³/mol. The van der Waals surface area contributed by atoms with E-state index < -0.39 is 0 Å². The Morgan fingerprint density at radius 3 is 2.89 bits per heavy atom. The van der Waals surface area contributed by atoms with Crippen LogP contribution in [0.25, 0.3) is 11.0 Å². The van der Waals surface area contributed by atoms with Gasteiger partial charge < -0.3 is 9.73 Å². The zero-order valence-corrected chi connectivity index (χ0v) is 11.2. The van der Waals surface area contributed by atoms with E-state index in [0.717, 1.165) is 36.0 Å². The second-order valence-electron chi connectivity index (χ2n) is 5.49. The van der Waals surface area contributed by atoms with Gasteiger partial charge in [0, 0.05) is 23.8 Å². The van der Waals surface area contributed by atoms with Crippen molar-refractivity contribution in [3.8, 4) is 0 Å². The van der Waals surface area contributed by atoms with Crippen LogP contribution in [0.2, 0.25) is 0 Å². The molecule has 100 valence electrons. The minimum Gasteiger partial charge on any atom is -0.461 e. The van der Waals surface area contributed by atoms with Gasteiger partial charge in [-0.1, -0.05) is 24.6 Å². The molecule has 0 radical (unpaired) electrons. The van der Waals surface area contributed by atoms with Crippen molar-refractivity contribution in [2.75, 3.05) is 0 Å². The Morgan fingerprint density at radius 2 is 2.21 bits per heavy atom. The van der Waals surface area contributed by atoms with Crippen molar-refractivity contribution < 1.29 is 9.21 Å². The fourth-order valence-electron chi connectivity index (χ4n) is 2.52. The molecule has 3 rings (SSSR count). The molecular formula is C16H19NO2. The van der Waals surface area contributed by atoms with E-state index in [1.165, 1.54) is 6.42 Å². The van der Waals surface area contributed by atoms with Gasteiger partial charge in [-0.2, -0.15) is 0 Å². The molecule has 1 aromatic heterocycles. The first-order chi connectivity index (χ1) is 9.22. The van der Waals surface area contributed by atoms with Crippen LogP contribution in [0.4, 0.5) is 0 Å². The zero-order valence-electron chi connectivity index (χ0n) is 11.2. The van der Waals surface area contributed by atoms with E-state index in [9.17, 15) is 4.79 Å². The standard InChI is InChI=1S/C16H19NO2/c1-11(17-16(18)12-6-4-7-12)9-14-10-13-5-2-3-8-15(13)19-14/h2-3,5,8,10-12H,4,6-7,9H2,1H3,(H,17,18)/t11-/m1/s1. The molecule has 1 fully saturated rings. The second kappa shape index (κ2) is 5.08. The van der Waals surface area contributed by atoms with E-state index in [1.807, 2.05) is 31.2 Å². The highest BCUT2D eigenvalue weighted by Gasteiger charge is 2.26. The SMILES string of the molecule is C[C@H](Cc1cc2ccccc2o1)NC(=O)C1CCC1. The van der Waals surface area contributed by atoms with E-state index in [2.05, 4.69) is 11.4 Å². The van der Waals surface area contributed by atoms with Gasteiger partial charge in [0.15, 0.2) is 0 Å². The number of para-hydroxylation sites is 1.